The number of carbonyl (C=O) groups is 1. The molecular formula is C21H23N3O. The standard InChI is InChI=1S/C21H23N3O/c1-3-14-23(15-4-2)21(25)18-11-7-13-22-20(18)24-16-8-10-17-9-5-6-12-19(17)24/h3-7,9,11-13H,1-2,8,10,14-16H2. The number of hydrogen-bond acceptors (Lipinski definition) is 3. The summed E-state index contributed by atoms with van der Waals surface area (Å²) in [5.74, 6) is 0.670. The van der Waals surface area contributed by atoms with Crippen molar-refractivity contribution in [2.75, 3.05) is 24.5 Å². The highest BCUT2D eigenvalue weighted by molar-refractivity contribution is 6.00. The van der Waals surface area contributed by atoms with Gasteiger partial charge in [-0.25, -0.2) is 4.98 Å². The Balaban J connectivity index is 2.01. The van der Waals surface area contributed by atoms with E-state index in [-0.39, 0.29) is 5.91 Å². The lowest BCUT2D eigenvalue weighted by molar-refractivity contribution is 0.0791. The van der Waals surface area contributed by atoms with Crippen LogP contribution in [0.1, 0.15) is 22.3 Å². The Kier molecular flexibility index (Phi) is 5.29. The van der Waals surface area contributed by atoms with Crippen molar-refractivity contribution in [1.29, 1.82) is 0 Å². The molecule has 128 valence electrons. The lowest BCUT2D eigenvalue weighted by Gasteiger charge is -2.32. The molecule has 0 saturated heterocycles. The summed E-state index contributed by atoms with van der Waals surface area (Å²) in [6.45, 7) is 9.32. The summed E-state index contributed by atoms with van der Waals surface area (Å²) in [5, 5.41) is 0. The maximum Gasteiger partial charge on any atom is 0.258 e. The van der Waals surface area contributed by atoms with Gasteiger partial charge < -0.3 is 9.80 Å². The van der Waals surface area contributed by atoms with Gasteiger partial charge in [0.2, 0.25) is 0 Å². The molecule has 0 bridgehead atoms. The van der Waals surface area contributed by atoms with E-state index in [9.17, 15) is 4.79 Å². The largest absolute Gasteiger partial charge is 0.331 e. The number of anilines is 2. The van der Waals surface area contributed by atoms with Crippen molar-refractivity contribution in [3.05, 3.63) is 79.0 Å². The number of amides is 1. The molecule has 1 aromatic heterocycles. The van der Waals surface area contributed by atoms with Crippen LogP contribution in [0.4, 0.5) is 11.5 Å². The molecule has 0 spiro atoms. The third-order valence-corrected chi connectivity index (χ3v) is 4.37. The number of aryl methyl sites for hydroxylation is 1. The predicted octanol–water partition coefficient (Wildman–Crippen LogP) is 3.98. The average molecular weight is 333 g/mol. The third-order valence-electron chi connectivity index (χ3n) is 4.37. The van der Waals surface area contributed by atoms with Gasteiger partial charge in [-0.05, 0) is 36.6 Å². The van der Waals surface area contributed by atoms with E-state index < -0.39 is 0 Å². The smallest absolute Gasteiger partial charge is 0.258 e. The summed E-state index contributed by atoms with van der Waals surface area (Å²) < 4.78 is 0. The number of carbonyl (C=O) groups excluding carboxylic acids is 1. The quantitative estimate of drug-likeness (QED) is 0.750. The van der Waals surface area contributed by atoms with E-state index in [2.05, 4.69) is 41.2 Å². The van der Waals surface area contributed by atoms with Crippen LogP contribution in [0.2, 0.25) is 0 Å². The molecule has 4 nitrogen and oxygen atoms in total. The van der Waals surface area contributed by atoms with Crippen LogP contribution in [0, 0.1) is 0 Å². The highest BCUT2D eigenvalue weighted by Crippen LogP contribution is 2.34. The number of aromatic nitrogens is 1. The van der Waals surface area contributed by atoms with Crippen LogP contribution in [0.15, 0.2) is 67.9 Å². The van der Waals surface area contributed by atoms with E-state index >= 15 is 0 Å². The molecule has 1 aliphatic rings. The van der Waals surface area contributed by atoms with Crippen LogP contribution < -0.4 is 4.90 Å². The van der Waals surface area contributed by atoms with E-state index in [1.54, 1.807) is 23.2 Å². The summed E-state index contributed by atoms with van der Waals surface area (Å²) in [5.41, 5.74) is 3.05. The minimum Gasteiger partial charge on any atom is -0.331 e. The molecule has 0 fully saturated rings. The number of benzene rings is 1. The molecule has 0 unspecified atom stereocenters. The second kappa shape index (κ2) is 7.79. The Morgan fingerprint density at radius 2 is 1.92 bits per heavy atom. The SMILES string of the molecule is C=CCN(CC=C)C(=O)c1cccnc1N1CCCc2ccccc21. The number of fused-ring (bicyclic) bond motifs is 1. The van der Waals surface area contributed by atoms with Gasteiger partial charge in [0.25, 0.3) is 5.91 Å². The molecule has 1 aromatic carbocycles. The number of para-hydroxylation sites is 1. The average Bonchev–Trinajstić information content (AvgIpc) is 2.67. The first-order valence-electron chi connectivity index (χ1n) is 8.57. The van der Waals surface area contributed by atoms with Crippen molar-refractivity contribution < 1.29 is 4.79 Å². The molecule has 0 aliphatic carbocycles. The first kappa shape index (κ1) is 17.0. The van der Waals surface area contributed by atoms with Gasteiger partial charge in [0.05, 0.1) is 5.56 Å². The maximum atomic E-state index is 13.1. The zero-order valence-electron chi connectivity index (χ0n) is 14.4. The fraction of sp³-hybridized carbons (Fsp3) is 0.238. The monoisotopic (exact) mass is 333 g/mol. The molecule has 4 heteroatoms. The Morgan fingerprint density at radius 3 is 2.68 bits per heavy atom. The van der Waals surface area contributed by atoms with E-state index in [0.717, 1.165) is 30.9 Å². The van der Waals surface area contributed by atoms with Crippen LogP contribution in [-0.4, -0.2) is 35.4 Å². The molecule has 0 atom stereocenters. The van der Waals surface area contributed by atoms with Crippen LogP contribution >= 0.6 is 0 Å². The van der Waals surface area contributed by atoms with E-state index in [4.69, 9.17) is 0 Å². The van der Waals surface area contributed by atoms with Crippen LogP contribution in [0.3, 0.4) is 0 Å². The molecular weight excluding hydrogens is 310 g/mol. The molecule has 3 rings (SSSR count). The van der Waals surface area contributed by atoms with Gasteiger partial charge in [-0.15, -0.1) is 13.2 Å². The molecule has 1 aliphatic heterocycles. The number of nitrogens with zero attached hydrogens (tertiary/aromatic N) is 3. The van der Waals surface area contributed by atoms with Crippen molar-refractivity contribution in [1.82, 2.24) is 9.88 Å². The van der Waals surface area contributed by atoms with Crippen molar-refractivity contribution in [3.63, 3.8) is 0 Å². The molecule has 2 heterocycles. The van der Waals surface area contributed by atoms with Crippen molar-refractivity contribution in [2.45, 2.75) is 12.8 Å². The lowest BCUT2D eigenvalue weighted by Crippen LogP contribution is -2.34. The van der Waals surface area contributed by atoms with Gasteiger partial charge in [-0.2, -0.15) is 0 Å². The summed E-state index contributed by atoms with van der Waals surface area (Å²) in [6.07, 6.45) is 7.31. The first-order chi connectivity index (χ1) is 12.3. The summed E-state index contributed by atoms with van der Waals surface area (Å²) in [6, 6.07) is 12.0. The Hall–Kier alpha value is -2.88. The number of pyridine rings is 1. The fourth-order valence-electron chi connectivity index (χ4n) is 3.25. The summed E-state index contributed by atoms with van der Waals surface area (Å²) in [4.78, 5) is 21.5. The van der Waals surface area contributed by atoms with Crippen molar-refractivity contribution in [2.24, 2.45) is 0 Å². The van der Waals surface area contributed by atoms with Crippen molar-refractivity contribution in [3.8, 4) is 0 Å². The second-order valence-electron chi connectivity index (χ2n) is 6.05. The minimum atomic E-state index is -0.0500. The Morgan fingerprint density at radius 1 is 1.16 bits per heavy atom. The summed E-state index contributed by atoms with van der Waals surface area (Å²) >= 11 is 0. The third kappa shape index (κ3) is 3.48. The molecule has 2 aromatic rings. The predicted molar refractivity (Wildman–Crippen MR) is 102 cm³/mol. The number of rotatable bonds is 6. The van der Waals surface area contributed by atoms with Crippen molar-refractivity contribution >= 4 is 17.4 Å². The fourth-order valence-corrected chi connectivity index (χ4v) is 3.25. The van der Waals surface area contributed by atoms with Crippen LogP contribution in [-0.2, 0) is 6.42 Å². The lowest BCUT2D eigenvalue weighted by atomic mass is 10.0. The molecule has 0 saturated carbocycles. The van der Waals surface area contributed by atoms with Crippen LogP contribution in [0.25, 0.3) is 0 Å². The van der Waals surface area contributed by atoms with Gasteiger partial charge in [0.1, 0.15) is 5.82 Å². The normalized spacial score (nSPS) is 13.0. The maximum absolute atomic E-state index is 13.1. The van der Waals surface area contributed by atoms with Crippen LogP contribution in [0.5, 0.6) is 0 Å². The minimum absolute atomic E-state index is 0.0500. The first-order valence-corrected chi connectivity index (χ1v) is 8.57. The highest BCUT2D eigenvalue weighted by atomic mass is 16.2. The van der Waals surface area contributed by atoms with E-state index in [1.165, 1.54) is 5.56 Å². The molecule has 25 heavy (non-hydrogen) atoms. The number of hydrogen-bond donors (Lipinski definition) is 0. The van der Waals surface area contributed by atoms with Gasteiger partial charge in [0, 0.05) is 31.5 Å². The topological polar surface area (TPSA) is 36.4 Å². The van der Waals surface area contributed by atoms with Gasteiger partial charge in [-0.3, -0.25) is 4.79 Å². The van der Waals surface area contributed by atoms with Gasteiger partial charge in [-0.1, -0.05) is 30.4 Å². The summed E-state index contributed by atoms with van der Waals surface area (Å²) in [7, 11) is 0. The zero-order valence-corrected chi connectivity index (χ0v) is 14.4. The zero-order chi connectivity index (χ0) is 17.6. The molecule has 0 radical (unpaired) electrons. The second-order valence-corrected chi connectivity index (χ2v) is 6.05. The Bertz CT molecular complexity index is 774. The van der Waals surface area contributed by atoms with Gasteiger partial charge in [0.15, 0.2) is 0 Å². The van der Waals surface area contributed by atoms with E-state index in [0.29, 0.717) is 18.7 Å². The molecule has 0 N–H and O–H groups in total. The Labute approximate surface area is 149 Å². The molecule has 1 amide bonds. The highest BCUT2D eigenvalue weighted by Gasteiger charge is 2.25. The van der Waals surface area contributed by atoms with E-state index in [1.807, 2.05) is 18.2 Å². The van der Waals surface area contributed by atoms with Gasteiger partial charge >= 0.3 is 0 Å².